The predicted octanol–water partition coefficient (Wildman–Crippen LogP) is 6.34. The molecule has 0 amide bonds. The third-order valence-corrected chi connectivity index (χ3v) is 6.00. The number of benzene rings is 1. The van der Waals surface area contributed by atoms with Gasteiger partial charge in [-0.05, 0) is 32.0 Å². The number of hydrogen-bond donors (Lipinski definition) is 1. The van der Waals surface area contributed by atoms with Crippen molar-refractivity contribution >= 4 is 29.0 Å². The molecule has 160 valence electrons. The molecule has 0 saturated carbocycles. The second-order valence-electron chi connectivity index (χ2n) is 7.21. The maximum Gasteiger partial charge on any atom is 0.416 e. The van der Waals surface area contributed by atoms with Crippen LogP contribution in [0.5, 0.6) is 0 Å². The van der Waals surface area contributed by atoms with Gasteiger partial charge in [0.05, 0.1) is 33.3 Å². The molecule has 10 heteroatoms. The van der Waals surface area contributed by atoms with Crippen LogP contribution in [0.15, 0.2) is 35.3 Å². The molecule has 0 bridgehead atoms. The first kappa shape index (κ1) is 21.3. The number of fused-ring (bicyclic) bond motifs is 3. The van der Waals surface area contributed by atoms with Crippen LogP contribution in [0.2, 0.25) is 5.02 Å². The van der Waals surface area contributed by atoms with Crippen molar-refractivity contribution in [2.24, 2.45) is 0 Å². The van der Waals surface area contributed by atoms with Crippen molar-refractivity contribution in [3.63, 3.8) is 0 Å². The molecule has 5 nitrogen and oxygen atoms in total. The first-order valence-corrected chi connectivity index (χ1v) is 9.97. The fraction of sp³-hybridized carbons (Fsp3) is 0.238. The molecule has 1 aliphatic heterocycles. The van der Waals surface area contributed by atoms with E-state index in [2.05, 4.69) is 17.0 Å². The number of hydrogen-bond acceptors (Lipinski definition) is 4. The SMILES string of the molecule is C=CC1(CCl)Nc2c(-c3cc(C)oc3C)c(C#N)nn2-c2c(Cl)cc(C(F)(F)F)cc21. The third kappa shape index (κ3) is 3.11. The van der Waals surface area contributed by atoms with Crippen LogP contribution in [0.4, 0.5) is 19.0 Å². The summed E-state index contributed by atoms with van der Waals surface area (Å²) in [6, 6.07) is 5.61. The van der Waals surface area contributed by atoms with E-state index in [9.17, 15) is 18.4 Å². The fourth-order valence-electron chi connectivity index (χ4n) is 3.83. The molecule has 1 atom stereocenters. The first-order chi connectivity index (χ1) is 14.6. The van der Waals surface area contributed by atoms with E-state index < -0.39 is 17.3 Å². The third-order valence-electron chi connectivity index (χ3n) is 5.29. The molecule has 0 fully saturated rings. The monoisotopic (exact) mass is 466 g/mol. The standard InChI is InChI=1S/C21H15Cl2F3N4O/c1-4-20(9-22)14-6-12(21(24,25)26)7-15(23)18(14)30-19(28-20)17(16(8-27)29-30)13-5-10(2)31-11(13)3/h4-7,28H,1,9H2,2-3H3. The van der Waals surface area contributed by atoms with Crippen LogP contribution in [-0.2, 0) is 11.7 Å². The molecule has 0 spiro atoms. The lowest BCUT2D eigenvalue weighted by molar-refractivity contribution is -0.137. The van der Waals surface area contributed by atoms with Gasteiger partial charge in [-0.1, -0.05) is 17.7 Å². The van der Waals surface area contributed by atoms with Crippen molar-refractivity contribution in [3.05, 3.63) is 64.2 Å². The first-order valence-electron chi connectivity index (χ1n) is 9.06. The van der Waals surface area contributed by atoms with Gasteiger partial charge < -0.3 is 9.73 Å². The lowest BCUT2D eigenvalue weighted by atomic mass is 9.86. The Morgan fingerprint density at radius 3 is 2.58 bits per heavy atom. The van der Waals surface area contributed by atoms with E-state index in [4.69, 9.17) is 27.6 Å². The molecule has 2 aromatic heterocycles. The molecule has 1 unspecified atom stereocenters. The van der Waals surface area contributed by atoms with Crippen molar-refractivity contribution in [3.8, 4) is 22.9 Å². The normalized spacial score (nSPS) is 17.5. The summed E-state index contributed by atoms with van der Waals surface area (Å²) in [5, 5.41) is 17.0. The highest BCUT2D eigenvalue weighted by Gasteiger charge is 2.43. The lowest BCUT2D eigenvalue weighted by Gasteiger charge is -2.38. The molecule has 3 heterocycles. The summed E-state index contributed by atoms with van der Waals surface area (Å²) in [5.41, 5.74) is -0.731. The average molecular weight is 467 g/mol. The van der Waals surface area contributed by atoms with E-state index >= 15 is 0 Å². The maximum atomic E-state index is 13.5. The highest BCUT2D eigenvalue weighted by atomic mass is 35.5. The van der Waals surface area contributed by atoms with E-state index in [1.165, 1.54) is 10.8 Å². The Morgan fingerprint density at radius 2 is 2.06 bits per heavy atom. The second-order valence-corrected chi connectivity index (χ2v) is 7.88. The van der Waals surface area contributed by atoms with E-state index in [0.29, 0.717) is 28.5 Å². The maximum absolute atomic E-state index is 13.5. The van der Waals surface area contributed by atoms with Crippen LogP contribution >= 0.6 is 23.2 Å². The highest BCUT2D eigenvalue weighted by molar-refractivity contribution is 6.33. The van der Waals surface area contributed by atoms with Crippen molar-refractivity contribution in [1.82, 2.24) is 9.78 Å². The number of rotatable bonds is 3. The second kappa shape index (κ2) is 7.08. The quantitative estimate of drug-likeness (QED) is 0.361. The van der Waals surface area contributed by atoms with Gasteiger partial charge >= 0.3 is 6.18 Å². The van der Waals surface area contributed by atoms with Crippen LogP contribution in [-0.4, -0.2) is 15.7 Å². The van der Waals surface area contributed by atoms with E-state index in [1.54, 1.807) is 19.9 Å². The molecule has 0 aliphatic carbocycles. The summed E-state index contributed by atoms with van der Waals surface area (Å²) < 4.78 is 47.4. The minimum atomic E-state index is -4.61. The molecule has 1 aromatic carbocycles. The summed E-state index contributed by atoms with van der Waals surface area (Å²) >= 11 is 12.6. The number of nitrogens with one attached hydrogen (secondary N) is 1. The Morgan fingerprint density at radius 1 is 1.35 bits per heavy atom. The Kier molecular flexibility index (Phi) is 4.87. The van der Waals surface area contributed by atoms with Crippen molar-refractivity contribution in [1.29, 1.82) is 5.26 Å². The molecule has 4 rings (SSSR count). The van der Waals surface area contributed by atoms with Crippen LogP contribution in [0, 0.1) is 25.2 Å². The molecule has 0 saturated heterocycles. The molecular formula is C21H15Cl2F3N4O. The van der Waals surface area contributed by atoms with Crippen LogP contribution in [0.3, 0.4) is 0 Å². The largest absolute Gasteiger partial charge is 0.466 e. The van der Waals surface area contributed by atoms with Gasteiger partial charge in [-0.2, -0.15) is 23.5 Å². The molecule has 31 heavy (non-hydrogen) atoms. The van der Waals surface area contributed by atoms with Gasteiger partial charge in [-0.15, -0.1) is 18.2 Å². The summed E-state index contributed by atoms with van der Waals surface area (Å²) in [5.74, 6) is 1.41. The zero-order valence-electron chi connectivity index (χ0n) is 16.4. The van der Waals surface area contributed by atoms with Crippen molar-refractivity contribution in [2.75, 3.05) is 11.2 Å². The van der Waals surface area contributed by atoms with Crippen LogP contribution < -0.4 is 5.32 Å². The molecule has 3 aromatic rings. The highest BCUT2D eigenvalue weighted by Crippen LogP contribution is 2.48. The van der Waals surface area contributed by atoms with Crippen molar-refractivity contribution < 1.29 is 17.6 Å². The van der Waals surface area contributed by atoms with Crippen molar-refractivity contribution in [2.45, 2.75) is 25.6 Å². The zero-order valence-corrected chi connectivity index (χ0v) is 17.9. The van der Waals surface area contributed by atoms with E-state index in [1.807, 2.05) is 6.07 Å². The number of alkyl halides is 4. The van der Waals surface area contributed by atoms with Crippen LogP contribution in [0.1, 0.15) is 28.3 Å². The van der Waals surface area contributed by atoms with E-state index in [-0.39, 0.29) is 27.8 Å². The minimum Gasteiger partial charge on any atom is -0.466 e. The number of aryl methyl sites for hydroxylation is 2. The molecule has 1 aliphatic rings. The number of nitrogens with zero attached hydrogens (tertiary/aromatic N) is 3. The number of furan rings is 1. The van der Waals surface area contributed by atoms with Crippen LogP contribution in [0.25, 0.3) is 16.8 Å². The van der Waals surface area contributed by atoms with Gasteiger partial charge in [0, 0.05) is 11.1 Å². The summed E-state index contributed by atoms with van der Waals surface area (Å²) in [6.07, 6.45) is -3.19. The molecule has 0 radical (unpaired) electrons. The summed E-state index contributed by atoms with van der Waals surface area (Å²) in [7, 11) is 0. The van der Waals surface area contributed by atoms with Gasteiger partial charge in [0.15, 0.2) is 5.69 Å². The predicted molar refractivity (Wildman–Crippen MR) is 112 cm³/mol. The Balaban J connectivity index is 2.11. The Bertz CT molecular complexity index is 1270. The smallest absolute Gasteiger partial charge is 0.416 e. The molecular weight excluding hydrogens is 452 g/mol. The van der Waals surface area contributed by atoms with Gasteiger partial charge in [-0.25, -0.2) is 4.68 Å². The Labute approximate surface area is 185 Å². The van der Waals surface area contributed by atoms with Gasteiger partial charge in [0.2, 0.25) is 0 Å². The number of aromatic nitrogens is 2. The minimum absolute atomic E-state index is 0.0581. The van der Waals surface area contributed by atoms with Gasteiger partial charge in [0.25, 0.3) is 0 Å². The number of halogens is 5. The average Bonchev–Trinajstić information content (AvgIpc) is 3.24. The summed E-state index contributed by atoms with van der Waals surface area (Å²) in [4.78, 5) is 0. The van der Waals surface area contributed by atoms with Gasteiger partial charge in [-0.3, -0.25) is 0 Å². The topological polar surface area (TPSA) is 66.8 Å². The van der Waals surface area contributed by atoms with Gasteiger partial charge in [0.1, 0.15) is 23.4 Å². The molecule has 1 N–H and O–H groups in total. The fourth-order valence-corrected chi connectivity index (χ4v) is 4.44. The van der Waals surface area contributed by atoms with E-state index in [0.717, 1.165) is 12.1 Å². The summed E-state index contributed by atoms with van der Waals surface area (Å²) in [6.45, 7) is 7.30. The lowest BCUT2D eigenvalue weighted by Crippen LogP contribution is -2.40. The number of nitriles is 1. The number of anilines is 1. The zero-order chi connectivity index (χ0) is 22.7. The Hall–Kier alpha value is -2.89.